The highest BCUT2D eigenvalue weighted by atomic mass is 16.5. The Kier molecular flexibility index (Phi) is 63.9. The van der Waals surface area contributed by atoms with E-state index in [-0.39, 0.29) is 18.5 Å². The van der Waals surface area contributed by atoms with Crippen molar-refractivity contribution in [1.82, 2.24) is 5.32 Å². The Bertz CT molecular complexity index is 1230. The predicted molar refractivity (Wildman–Crippen MR) is 333 cm³/mol. The summed E-state index contributed by atoms with van der Waals surface area (Å²) in [5.74, 6) is -0.0797. The zero-order valence-corrected chi connectivity index (χ0v) is 51.3. The van der Waals surface area contributed by atoms with Gasteiger partial charge >= 0.3 is 5.97 Å². The number of amides is 1. The Hall–Kier alpha value is -1.92. The van der Waals surface area contributed by atoms with E-state index in [4.69, 9.17) is 4.74 Å². The van der Waals surface area contributed by atoms with Gasteiger partial charge in [0, 0.05) is 12.8 Å². The first-order chi connectivity index (χ1) is 37.5. The number of rotatable bonds is 64. The molecule has 3 N–H and O–H groups in total. The maximum atomic E-state index is 12.6. The number of aliphatic hydroxyl groups is 2. The van der Waals surface area contributed by atoms with Crippen LogP contribution in [0.1, 0.15) is 373 Å². The van der Waals surface area contributed by atoms with Crippen molar-refractivity contribution in [2.24, 2.45) is 0 Å². The Labute approximate surface area is 474 Å². The summed E-state index contributed by atoms with van der Waals surface area (Å²) >= 11 is 0. The molecule has 0 spiro atoms. The number of carbonyl (C=O) groups is 2. The van der Waals surface area contributed by atoms with E-state index >= 15 is 0 Å². The van der Waals surface area contributed by atoms with Crippen molar-refractivity contribution in [3.05, 3.63) is 36.5 Å². The molecular formula is C70H133NO5. The smallest absolute Gasteiger partial charge is 0.305 e. The minimum Gasteiger partial charge on any atom is -0.465 e. The van der Waals surface area contributed by atoms with E-state index in [1.807, 2.05) is 0 Å². The zero-order chi connectivity index (χ0) is 55.0. The highest BCUT2D eigenvalue weighted by Gasteiger charge is 2.20. The largest absolute Gasteiger partial charge is 0.465 e. The number of ether oxygens (including phenoxy) is 1. The molecule has 0 rings (SSSR count). The van der Waals surface area contributed by atoms with Gasteiger partial charge < -0.3 is 20.3 Å². The molecule has 0 aromatic rings. The van der Waals surface area contributed by atoms with Crippen LogP contribution in [0.3, 0.4) is 0 Å². The number of aliphatic hydroxyl groups excluding tert-OH is 2. The van der Waals surface area contributed by atoms with Crippen LogP contribution in [-0.4, -0.2) is 47.4 Å². The monoisotopic (exact) mass is 1070 g/mol. The summed E-state index contributed by atoms with van der Waals surface area (Å²) in [5, 5.41) is 23.4. The first-order valence-electron chi connectivity index (χ1n) is 34.2. The molecule has 6 heteroatoms. The molecule has 2 atom stereocenters. The van der Waals surface area contributed by atoms with Gasteiger partial charge in [0.15, 0.2) is 0 Å². The van der Waals surface area contributed by atoms with Crippen LogP contribution in [0.25, 0.3) is 0 Å². The van der Waals surface area contributed by atoms with Gasteiger partial charge in [-0.2, -0.15) is 0 Å². The molecule has 6 nitrogen and oxygen atoms in total. The molecule has 0 aliphatic heterocycles. The fourth-order valence-corrected chi connectivity index (χ4v) is 10.7. The quantitative estimate of drug-likeness (QED) is 0.0320. The van der Waals surface area contributed by atoms with E-state index in [1.54, 1.807) is 0 Å². The molecule has 448 valence electrons. The van der Waals surface area contributed by atoms with Crippen molar-refractivity contribution in [3.63, 3.8) is 0 Å². The third-order valence-corrected chi connectivity index (χ3v) is 15.9. The Morgan fingerprint density at radius 2 is 0.658 bits per heavy atom. The van der Waals surface area contributed by atoms with Crippen LogP contribution in [0, 0.1) is 0 Å². The highest BCUT2D eigenvalue weighted by molar-refractivity contribution is 5.76. The van der Waals surface area contributed by atoms with Crippen molar-refractivity contribution < 1.29 is 24.5 Å². The van der Waals surface area contributed by atoms with E-state index in [1.165, 1.54) is 289 Å². The standard InChI is InChI=1S/C70H133NO5/c1-3-5-7-9-11-13-15-17-18-19-20-21-22-23-24-26-29-32-35-39-42-46-50-54-58-62-68(73)67(66-72)71-69(74)63-59-55-51-47-43-40-36-33-30-27-25-28-31-34-37-41-45-49-53-57-61-65-76-70(75)64-60-56-52-48-44-38-16-14-12-10-8-6-4-2/h14,16,41,45,53,57,67-68,72-73H,3-13,15,17-40,42-44,46-52,54-56,58-66H2,1-2H3,(H,71,74)/b16-14-,45-41-,57-53-. The number of hydrogen-bond acceptors (Lipinski definition) is 5. The lowest BCUT2D eigenvalue weighted by Gasteiger charge is -2.22. The van der Waals surface area contributed by atoms with E-state index in [0.717, 1.165) is 51.4 Å². The summed E-state index contributed by atoms with van der Waals surface area (Å²) in [6, 6.07) is -0.547. The van der Waals surface area contributed by atoms with Crippen LogP contribution in [0.4, 0.5) is 0 Å². The molecular weight excluding hydrogens is 935 g/mol. The van der Waals surface area contributed by atoms with Crippen LogP contribution >= 0.6 is 0 Å². The minimum absolute atomic E-state index is 0.0358. The zero-order valence-electron chi connectivity index (χ0n) is 51.3. The highest BCUT2D eigenvalue weighted by Crippen LogP contribution is 2.19. The van der Waals surface area contributed by atoms with Crippen LogP contribution in [0.5, 0.6) is 0 Å². The lowest BCUT2D eigenvalue weighted by molar-refractivity contribution is -0.143. The average Bonchev–Trinajstić information content (AvgIpc) is 3.42. The summed E-state index contributed by atoms with van der Waals surface area (Å²) < 4.78 is 5.41. The number of esters is 1. The fourth-order valence-electron chi connectivity index (χ4n) is 10.7. The van der Waals surface area contributed by atoms with Crippen LogP contribution in [0.15, 0.2) is 36.5 Å². The lowest BCUT2D eigenvalue weighted by atomic mass is 10.0. The molecule has 0 aromatic carbocycles. The van der Waals surface area contributed by atoms with Crippen LogP contribution in [-0.2, 0) is 14.3 Å². The summed E-state index contributed by atoms with van der Waals surface area (Å²) in [5.41, 5.74) is 0. The van der Waals surface area contributed by atoms with E-state index in [9.17, 15) is 19.8 Å². The minimum atomic E-state index is -0.670. The number of hydrogen-bond donors (Lipinski definition) is 3. The Morgan fingerprint density at radius 3 is 1.03 bits per heavy atom. The molecule has 2 unspecified atom stereocenters. The van der Waals surface area contributed by atoms with Crippen LogP contribution < -0.4 is 5.32 Å². The average molecular weight is 1070 g/mol. The second kappa shape index (κ2) is 65.6. The number of nitrogens with one attached hydrogen (secondary N) is 1. The van der Waals surface area contributed by atoms with E-state index in [2.05, 4.69) is 55.6 Å². The van der Waals surface area contributed by atoms with Crippen molar-refractivity contribution >= 4 is 11.9 Å². The lowest BCUT2D eigenvalue weighted by Crippen LogP contribution is -2.45. The molecule has 76 heavy (non-hydrogen) atoms. The maximum absolute atomic E-state index is 12.6. The fraction of sp³-hybridized carbons (Fsp3) is 0.886. The summed E-state index contributed by atoms with van der Waals surface area (Å²) in [6.45, 7) is 4.85. The summed E-state index contributed by atoms with van der Waals surface area (Å²) in [6.07, 6.45) is 83.4. The van der Waals surface area contributed by atoms with Gasteiger partial charge in [0.25, 0.3) is 0 Å². The van der Waals surface area contributed by atoms with Gasteiger partial charge in [-0.25, -0.2) is 0 Å². The third kappa shape index (κ3) is 61.3. The number of unbranched alkanes of at least 4 members (excludes halogenated alkanes) is 47. The van der Waals surface area contributed by atoms with E-state index < -0.39 is 12.1 Å². The number of allylic oxidation sites excluding steroid dienone is 5. The molecule has 0 saturated heterocycles. The second-order valence-electron chi connectivity index (χ2n) is 23.5. The van der Waals surface area contributed by atoms with Crippen molar-refractivity contribution in [2.45, 2.75) is 386 Å². The first kappa shape index (κ1) is 74.1. The van der Waals surface area contributed by atoms with Gasteiger partial charge in [-0.1, -0.05) is 326 Å². The molecule has 0 bridgehead atoms. The Morgan fingerprint density at radius 1 is 0.368 bits per heavy atom. The predicted octanol–water partition coefficient (Wildman–Crippen LogP) is 21.9. The van der Waals surface area contributed by atoms with Gasteiger partial charge in [-0.15, -0.1) is 0 Å². The third-order valence-electron chi connectivity index (χ3n) is 15.9. The van der Waals surface area contributed by atoms with Gasteiger partial charge in [-0.05, 0) is 70.6 Å². The topological polar surface area (TPSA) is 95.9 Å². The molecule has 0 aliphatic rings. The second-order valence-corrected chi connectivity index (χ2v) is 23.5. The van der Waals surface area contributed by atoms with Gasteiger partial charge in [0.1, 0.15) is 0 Å². The summed E-state index contributed by atoms with van der Waals surface area (Å²) in [4.78, 5) is 24.6. The SMILES string of the molecule is CCCCCC/C=C\CCCCCCCC(=O)OCC/C=C\C/C=C\CCCCCCCCCCCCCCCCC(=O)NC(CO)C(O)CCCCCCCCCCCCCCCCCCCCCCCCCCC. The number of carbonyl (C=O) groups excluding carboxylic acids is 2. The maximum Gasteiger partial charge on any atom is 0.305 e. The van der Waals surface area contributed by atoms with Gasteiger partial charge in [-0.3, -0.25) is 9.59 Å². The Balaban J connectivity index is 3.45. The van der Waals surface area contributed by atoms with Crippen LogP contribution in [0.2, 0.25) is 0 Å². The van der Waals surface area contributed by atoms with Crippen molar-refractivity contribution in [2.75, 3.05) is 13.2 Å². The molecule has 0 radical (unpaired) electrons. The molecule has 0 saturated carbocycles. The molecule has 1 amide bonds. The molecule has 0 heterocycles. The van der Waals surface area contributed by atoms with E-state index in [0.29, 0.717) is 25.9 Å². The molecule has 0 fully saturated rings. The molecule has 0 aromatic heterocycles. The van der Waals surface area contributed by atoms with Crippen molar-refractivity contribution in [1.29, 1.82) is 0 Å². The van der Waals surface area contributed by atoms with Gasteiger partial charge in [0.05, 0.1) is 25.4 Å². The first-order valence-corrected chi connectivity index (χ1v) is 34.2. The van der Waals surface area contributed by atoms with Crippen molar-refractivity contribution in [3.8, 4) is 0 Å². The summed E-state index contributed by atoms with van der Waals surface area (Å²) in [7, 11) is 0. The molecule has 0 aliphatic carbocycles. The van der Waals surface area contributed by atoms with Gasteiger partial charge in [0.2, 0.25) is 5.91 Å². The normalized spacial score (nSPS) is 12.7.